The highest BCUT2D eigenvalue weighted by Crippen LogP contribution is 2.32. The number of anilines is 1. The van der Waals surface area contributed by atoms with Crippen molar-refractivity contribution in [3.63, 3.8) is 0 Å². The lowest BCUT2D eigenvalue weighted by molar-refractivity contribution is -0.127. The van der Waals surface area contributed by atoms with E-state index in [0.717, 1.165) is 0 Å². The number of carbonyl (C=O) groups excluding carboxylic acids is 1. The molecule has 1 unspecified atom stereocenters. The van der Waals surface area contributed by atoms with Crippen molar-refractivity contribution in [3.05, 3.63) is 53.1 Å². The van der Waals surface area contributed by atoms with E-state index in [4.69, 9.17) is 20.3 Å². The fourth-order valence-electron chi connectivity index (χ4n) is 4.36. The van der Waals surface area contributed by atoms with E-state index in [1.165, 1.54) is 17.2 Å². The van der Waals surface area contributed by atoms with Gasteiger partial charge in [-0.05, 0) is 36.0 Å². The van der Waals surface area contributed by atoms with Crippen LogP contribution in [0.2, 0.25) is 0 Å². The number of nitriles is 1. The maximum atomic E-state index is 14.6. The summed E-state index contributed by atoms with van der Waals surface area (Å²) >= 11 is 0. The highest BCUT2D eigenvalue weighted by molar-refractivity contribution is 5.96. The molecule has 3 aromatic rings. The van der Waals surface area contributed by atoms with E-state index in [1.807, 2.05) is 20.8 Å². The van der Waals surface area contributed by atoms with Crippen LogP contribution in [0.1, 0.15) is 50.1 Å². The molecule has 0 saturated carbocycles. The number of hydrogen-bond donors (Lipinski definition) is 1. The summed E-state index contributed by atoms with van der Waals surface area (Å²) in [4.78, 5) is 18.4. The van der Waals surface area contributed by atoms with Crippen LogP contribution < -0.4 is 15.2 Å². The molecule has 1 aliphatic heterocycles. The topological polar surface area (TPSA) is 119 Å². The summed E-state index contributed by atoms with van der Waals surface area (Å²) in [5, 5.41) is 14.9. The largest absolute Gasteiger partial charge is 0.497 e. The van der Waals surface area contributed by atoms with Crippen molar-refractivity contribution in [2.45, 2.75) is 33.2 Å². The third-order valence-corrected chi connectivity index (χ3v) is 6.11. The highest BCUT2D eigenvalue weighted by atomic mass is 19.1. The van der Waals surface area contributed by atoms with Crippen molar-refractivity contribution < 1.29 is 18.7 Å². The maximum absolute atomic E-state index is 14.6. The average Bonchev–Trinajstić information content (AvgIpc) is 3.52. The minimum atomic E-state index is -0.782. The molecule has 2 N–H and O–H groups in total. The summed E-state index contributed by atoms with van der Waals surface area (Å²) in [5.41, 5.74) is 7.49. The molecule has 1 atom stereocenters. The SMILES string of the molecule is COc1cc(C#Cc2nn(C3CCN(C(=O)/C(F)=C/C(C)(C)C)C3)c3c(C#N)cnc(N)c23)cc(OC)c1. The number of nitrogen functional groups attached to an aromatic ring is 1. The Morgan fingerprint density at radius 3 is 2.50 bits per heavy atom. The van der Waals surface area contributed by atoms with Gasteiger partial charge < -0.3 is 20.1 Å². The van der Waals surface area contributed by atoms with E-state index < -0.39 is 17.1 Å². The molecule has 0 bridgehead atoms. The number of carbonyl (C=O) groups is 1. The predicted molar refractivity (Wildman–Crippen MR) is 141 cm³/mol. The molecule has 0 radical (unpaired) electrons. The van der Waals surface area contributed by atoms with Gasteiger partial charge in [0, 0.05) is 30.9 Å². The van der Waals surface area contributed by atoms with E-state index in [9.17, 15) is 14.4 Å². The number of nitrogens with two attached hydrogens (primary N) is 1. The number of methoxy groups -OCH3 is 2. The van der Waals surface area contributed by atoms with Gasteiger partial charge in [0.1, 0.15) is 29.1 Å². The van der Waals surface area contributed by atoms with Gasteiger partial charge in [-0.15, -0.1) is 0 Å². The number of aromatic nitrogens is 3. The summed E-state index contributed by atoms with van der Waals surface area (Å²) in [6.45, 7) is 6.06. The molecule has 4 rings (SSSR count). The van der Waals surface area contributed by atoms with Crippen molar-refractivity contribution >= 4 is 22.6 Å². The van der Waals surface area contributed by atoms with Crippen molar-refractivity contribution in [2.75, 3.05) is 33.0 Å². The minimum Gasteiger partial charge on any atom is -0.497 e. The number of amides is 1. The Labute approximate surface area is 220 Å². The lowest BCUT2D eigenvalue weighted by atomic mass is 9.96. The van der Waals surface area contributed by atoms with Gasteiger partial charge in [-0.2, -0.15) is 10.4 Å². The van der Waals surface area contributed by atoms with Crippen LogP contribution in [0.3, 0.4) is 0 Å². The third kappa shape index (κ3) is 5.40. The number of halogens is 1. The first kappa shape index (κ1) is 26.5. The number of fused-ring (bicyclic) bond motifs is 1. The van der Waals surface area contributed by atoms with Crippen molar-refractivity contribution in [3.8, 4) is 29.4 Å². The zero-order valence-electron chi connectivity index (χ0n) is 22.0. The van der Waals surface area contributed by atoms with Crippen LogP contribution in [-0.4, -0.2) is 52.9 Å². The molecule has 1 fully saturated rings. The quantitative estimate of drug-likeness (QED) is 0.412. The second-order valence-electron chi connectivity index (χ2n) is 10.1. The number of rotatable bonds is 4. The molecule has 1 aromatic carbocycles. The predicted octanol–water partition coefficient (Wildman–Crippen LogP) is 3.98. The number of allylic oxidation sites excluding steroid dienone is 1. The number of nitrogens with zero attached hydrogens (tertiary/aromatic N) is 5. The van der Waals surface area contributed by atoms with Crippen LogP contribution >= 0.6 is 0 Å². The summed E-state index contributed by atoms with van der Waals surface area (Å²) in [5.74, 6) is 6.02. The van der Waals surface area contributed by atoms with Crippen LogP contribution in [0.15, 0.2) is 36.3 Å². The number of ether oxygens (including phenoxy) is 2. The van der Waals surface area contributed by atoms with Gasteiger partial charge in [0.2, 0.25) is 0 Å². The Balaban J connectivity index is 1.75. The molecule has 10 heteroatoms. The summed E-state index contributed by atoms with van der Waals surface area (Å²) in [6.07, 6.45) is 3.25. The maximum Gasteiger partial charge on any atom is 0.282 e. The van der Waals surface area contributed by atoms with Gasteiger partial charge >= 0.3 is 0 Å². The van der Waals surface area contributed by atoms with Crippen LogP contribution in [0.25, 0.3) is 10.9 Å². The molecular weight excluding hydrogens is 487 g/mol. The Kier molecular flexibility index (Phi) is 7.27. The Hall–Kier alpha value is -4.57. The van der Waals surface area contributed by atoms with Gasteiger partial charge in [-0.3, -0.25) is 9.48 Å². The summed E-state index contributed by atoms with van der Waals surface area (Å²) < 4.78 is 26.9. The van der Waals surface area contributed by atoms with Crippen LogP contribution in [0.5, 0.6) is 11.5 Å². The number of hydrogen-bond acceptors (Lipinski definition) is 7. The monoisotopic (exact) mass is 516 g/mol. The lowest BCUT2D eigenvalue weighted by Crippen LogP contribution is -2.30. The van der Waals surface area contributed by atoms with Gasteiger partial charge in [-0.25, -0.2) is 9.37 Å². The molecule has 2 aromatic heterocycles. The second-order valence-corrected chi connectivity index (χ2v) is 10.1. The molecule has 1 aliphatic rings. The molecule has 0 aliphatic carbocycles. The van der Waals surface area contributed by atoms with Crippen molar-refractivity contribution in [1.29, 1.82) is 5.26 Å². The fourth-order valence-corrected chi connectivity index (χ4v) is 4.36. The zero-order chi connectivity index (χ0) is 27.6. The van der Waals surface area contributed by atoms with E-state index in [-0.39, 0.29) is 24.0 Å². The Morgan fingerprint density at radius 1 is 1.21 bits per heavy atom. The van der Waals surface area contributed by atoms with E-state index in [0.29, 0.717) is 46.6 Å². The molecule has 196 valence electrons. The Bertz CT molecular complexity index is 1510. The normalized spacial score (nSPS) is 15.7. The zero-order valence-corrected chi connectivity index (χ0v) is 22.0. The van der Waals surface area contributed by atoms with E-state index in [2.05, 4.69) is 22.9 Å². The molecule has 0 spiro atoms. The van der Waals surface area contributed by atoms with Crippen molar-refractivity contribution in [1.82, 2.24) is 19.7 Å². The summed E-state index contributed by atoms with van der Waals surface area (Å²) in [7, 11) is 3.11. The lowest BCUT2D eigenvalue weighted by Gasteiger charge is -2.18. The standard InChI is InChI=1S/C28H29FN6O3/c1-28(2,3)13-22(29)27(36)34-9-8-19(16-34)35-25-18(14-30)15-32-26(31)24(25)23(33-35)7-6-17-10-20(37-4)12-21(11-17)38-5/h10-13,15,19H,8-9,16H2,1-5H3,(H2,31,32)/b22-13-. The number of benzene rings is 1. The third-order valence-electron chi connectivity index (χ3n) is 6.11. The van der Waals surface area contributed by atoms with Crippen LogP contribution in [0.4, 0.5) is 10.2 Å². The fraction of sp³-hybridized carbons (Fsp3) is 0.357. The number of pyridine rings is 1. The first-order valence-electron chi connectivity index (χ1n) is 12.0. The second kappa shape index (κ2) is 10.4. The molecule has 1 saturated heterocycles. The van der Waals surface area contributed by atoms with Crippen LogP contribution in [-0.2, 0) is 4.79 Å². The van der Waals surface area contributed by atoms with Gasteiger partial charge in [0.25, 0.3) is 5.91 Å². The molecule has 38 heavy (non-hydrogen) atoms. The first-order valence-corrected chi connectivity index (χ1v) is 12.0. The molecule has 9 nitrogen and oxygen atoms in total. The van der Waals surface area contributed by atoms with Gasteiger partial charge in [0.15, 0.2) is 5.83 Å². The van der Waals surface area contributed by atoms with Crippen LogP contribution in [0, 0.1) is 28.6 Å². The first-order chi connectivity index (χ1) is 18.0. The highest BCUT2D eigenvalue weighted by Gasteiger charge is 2.32. The minimum absolute atomic E-state index is 0.183. The Morgan fingerprint density at radius 2 is 1.89 bits per heavy atom. The van der Waals surface area contributed by atoms with E-state index >= 15 is 0 Å². The van der Waals surface area contributed by atoms with Crippen molar-refractivity contribution in [2.24, 2.45) is 5.41 Å². The van der Waals surface area contributed by atoms with E-state index in [1.54, 1.807) is 37.1 Å². The summed E-state index contributed by atoms with van der Waals surface area (Å²) in [6, 6.07) is 7.11. The van der Waals surface area contributed by atoms with Gasteiger partial charge in [0.05, 0.1) is 36.7 Å². The number of likely N-dealkylation sites (tertiary alicyclic amines) is 1. The smallest absolute Gasteiger partial charge is 0.282 e. The molecular formula is C28H29FN6O3. The van der Waals surface area contributed by atoms with Gasteiger partial charge in [-0.1, -0.05) is 26.7 Å². The average molecular weight is 517 g/mol. The molecule has 3 heterocycles. The molecule has 1 amide bonds.